The maximum Gasteiger partial charge on any atom is 0.137 e. The number of methoxy groups -OCH3 is 1. The molecule has 0 spiro atoms. The third kappa shape index (κ3) is 4.35. The van der Waals surface area contributed by atoms with Crippen molar-refractivity contribution >= 4 is 5.78 Å². The standard InChI is InChI=1S/C21H28O3/c1-5-6-12-19(23-4)20-16(3)24-21(17-10-8-7-9-11-17)18(20)14-13-15(2)22/h7-11,19H,5-6,12-14H2,1-4H3. The van der Waals surface area contributed by atoms with Gasteiger partial charge in [0.15, 0.2) is 0 Å². The van der Waals surface area contributed by atoms with Crippen molar-refractivity contribution < 1.29 is 13.9 Å². The molecule has 3 heteroatoms. The number of carbonyl (C=O) groups excluding carboxylic acids is 1. The lowest BCUT2D eigenvalue weighted by molar-refractivity contribution is -0.116. The smallest absolute Gasteiger partial charge is 0.137 e. The summed E-state index contributed by atoms with van der Waals surface area (Å²) in [5.41, 5.74) is 3.30. The van der Waals surface area contributed by atoms with Gasteiger partial charge in [-0.05, 0) is 26.7 Å². The van der Waals surface area contributed by atoms with E-state index in [0.29, 0.717) is 12.8 Å². The van der Waals surface area contributed by atoms with Crippen LogP contribution in [-0.4, -0.2) is 12.9 Å². The van der Waals surface area contributed by atoms with Gasteiger partial charge in [0, 0.05) is 30.2 Å². The Morgan fingerprint density at radius 1 is 1.25 bits per heavy atom. The monoisotopic (exact) mass is 328 g/mol. The van der Waals surface area contributed by atoms with Crippen LogP contribution in [0.1, 0.15) is 62.5 Å². The average Bonchev–Trinajstić information content (AvgIpc) is 2.91. The molecule has 2 rings (SSSR count). The summed E-state index contributed by atoms with van der Waals surface area (Å²) in [6, 6.07) is 10.1. The first-order valence-corrected chi connectivity index (χ1v) is 8.78. The molecule has 130 valence electrons. The van der Waals surface area contributed by atoms with Crippen LogP contribution in [0.15, 0.2) is 34.7 Å². The Morgan fingerprint density at radius 2 is 1.96 bits per heavy atom. The number of ketones is 1. The second-order valence-corrected chi connectivity index (χ2v) is 6.31. The molecule has 0 amide bonds. The second-order valence-electron chi connectivity index (χ2n) is 6.31. The highest BCUT2D eigenvalue weighted by Crippen LogP contribution is 2.38. The predicted molar refractivity (Wildman–Crippen MR) is 97.2 cm³/mol. The Bertz CT molecular complexity index is 655. The number of carbonyl (C=O) groups is 1. The van der Waals surface area contributed by atoms with E-state index in [1.807, 2.05) is 37.3 Å². The quantitative estimate of drug-likeness (QED) is 0.596. The van der Waals surface area contributed by atoms with Crippen LogP contribution in [0.2, 0.25) is 0 Å². The number of hydrogen-bond acceptors (Lipinski definition) is 3. The zero-order chi connectivity index (χ0) is 17.5. The highest BCUT2D eigenvalue weighted by Gasteiger charge is 2.25. The summed E-state index contributed by atoms with van der Waals surface area (Å²) >= 11 is 0. The summed E-state index contributed by atoms with van der Waals surface area (Å²) in [4.78, 5) is 11.5. The topological polar surface area (TPSA) is 39.4 Å². The summed E-state index contributed by atoms with van der Waals surface area (Å²) in [6.07, 6.45) is 4.44. The molecule has 24 heavy (non-hydrogen) atoms. The molecule has 0 aliphatic heterocycles. The van der Waals surface area contributed by atoms with Crippen LogP contribution in [0.25, 0.3) is 11.3 Å². The van der Waals surface area contributed by atoms with Gasteiger partial charge in [-0.2, -0.15) is 0 Å². The zero-order valence-electron chi connectivity index (χ0n) is 15.2. The minimum atomic E-state index is 0.0214. The molecule has 0 saturated heterocycles. The van der Waals surface area contributed by atoms with E-state index in [2.05, 4.69) is 6.92 Å². The average molecular weight is 328 g/mol. The molecule has 0 saturated carbocycles. The third-order valence-electron chi connectivity index (χ3n) is 4.42. The second kappa shape index (κ2) is 8.84. The number of rotatable bonds is 9. The van der Waals surface area contributed by atoms with Crippen LogP contribution in [-0.2, 0) is 16.0 Å². The van der Waals surface area contributed by atoms with Crippen LogP contribution in [0, 0.1) is 6.92 Å². The Hall–Kier alpha value is -1.87. The van der Waals surface area contributed by atoms with Gasteiger partial charge in [-0.15, -0.1) is 0 Å². The SMILES string of the molecule is CCCCC(OC)c1c(C)oc(-c2ccccc2)c1CCC(C)=O. The number of unbranched alkanes of at least 4 members (excludes halogenated alkanes) is 1. The minimum absolute atomic E-state index is 0.0214. The Morgan fingerprint density at radius 3 is 2.54 bits per heavy atom. The van der Waals surface area contributed by atoms with E-state index in [0.717, 1.165) is 47.5 Å². The molecule has 0 N–H and O–H groups in total. The number of Topliss-reactive ketones (excluding diaryl/α,β-unsaturated/α-hetero) is 1. The van der Waals surface area contributed by atoms with Crippen molar-refractivity contribution in [1.82, 2.24) is 0 Å². The van der Waals surface area contributed by atoms with Gasteiger partial charge < -0.3 is 13.9 Å². The van der Waals surface area contributed by atoms with Crippen molar-refractivity contribution in [2.24, 2.45) is 0 Å². The molecule has 1 aromatic heterocycles. The van der Waals surface area contributed by atoms with Crippen LogP contribution in [0.4, 0.5) is 0 Å². The molecule has 0 radical (unpaired) electrons. The Balaban J connectivity index is 2.48. The number of aryl methyl sites for hydroxylation is 1. The van der Waals surface area contributed by atoms with Gasteiger partial charge in [-0.1, -0.05) is 50.1 Å². The Kier molecular flexibility index (Phi) is 6.80. The van der Waals surface area contributed by atoms with Gasteiger partial charge in [-0.25, -0.2) is 0 Å². The lowest BCUT2D eigenvalue weighted by atomic mass is 9.94. The lowest BCUT2D eigenvalue weighted by Gasteiger charge is -2.17. The van der Waals surface area contributed by atoms with Crippen molar-refractivity contribution in [1.29, 1.82) is 0 Å². The van der Waals surface area contributed by atoms with Crippen molar-refractivity contribution in [2.45, 2.75) is 59.0 Å². The van der Waals surface area contributed by atoms with Crippen LogP contribution in [0.5, 0.6) is 0 Å². The van der Waals surface area contributed by atoms with E-state index in [1.165, 1.54) is 0 Å². The molecule has 1 atom stereocenters. The van der Waals surface area contributed by atoms with Gasteiger partial charge in [0.2, 0.25) is 0 Å². The third-order valence-corrected chi connectivity index (χ3v) is 4.42. The van der Waals surface area contributed by atoms with Crippen molar-refractivity contribution in [2.75, 3.05) is 7.11 Å². The Labute approximate surface area is 145 Å². The predicted octanol–water partition coefficient (Wildman–Crippen LogP) is 5.65. The fourth-order valence-electron chi connectivity index (χ4n) is 3.17. The van der Waals surface area contributed by atoms with E-state index >= 15 is 0 Å². The number of hydrogen-bond donors (Lipinski definition) is 0. The molecule has 3 nitrogen and oxygen atoms in total. The van der Waals surface area contributed by atoms with Gasteiger partial charge in [0.1, 0.15) is 17.3 Å². The first kappa shape index (κ1) is 18.5. The zero-order valence-corrected chi connectivity index (χ0v) is 15.2. The molecule has 1 aromatic carbocycles. The molecule has 2 aromatic rings. The molecule has 0 aliphatic rings. The molecule has 0 fully saturated rings. The molecule has 1 unspecified atom stereocenters. The van der Waals surface area contributed by atoms with Gasteiger partial charge in [-0.3, -0.25) is 0 Å². The maximum atomic E-state index is 11.5. The lowest BCUT2D eigenvalue weighted by Crippen LogP contribution is -2.06. The fourth-order valence-corrected chi connectivity index (χ4v) is 3.17. The summed E-state index contributed by atoms with van der Waals surface area (Å²) in [5.74, 6) is 1.97. The van der Waals surface area contributed by atoms with Gasteiger partial charge >= 0.3 is 0 Å². The molecule has 1 heterocycles. The highest BCUT2D eigenvalue weighted by atomic mass is 16.5. The summed E-state index contributed by atoms with van der Waals surface area (Å²) < 4.78 is 11.9. The molecule has 0 aliphatic carbocycles. The first-order valence-electron chi connectivity index (χ1n) is 8.78. The number of furan rings is 1. The largest absolute Gasteiger partial charge is 0.461 e. The van der Waals surface area contributed by atoms with E-state index < -0.39 is 0 Å². The first-order chi connectivity index (χ1) is 11.6. The van der Waals surface area contributed by atoms with Gasteiger partial charge in [0.05, 0.1) is 6.10 Å². The van der Waals surface area contributed by atoms with Crippen molar-refractivity contribution in [3.8, 4) is 11.3 Å². The van der Waals surface area contributed by atoms with Crippen LogP contribution in [0.3, 0.4) is 0 Å². The van der Waals surface area contributed by atoms with Crippen molar-refractivity contribution in [3.63, 3.8) is 0 Å². The number of ether oxygens (including phenoxy) is 1. The molecular weight excluding hydrogens is 300 g/mol. The molecule has 0 bridgehead atoms. The van der Waals surface area contributed by atoms with E-state index in [-0.39, 0.29) is 11.9 Å². The van der Waals surface area contributed by atoms with Crippen LogP contribution < -0.4 is 0 Å². The summed E-state index contributed by atoms with van der Waals surface area (Å²) in [5, 5.41) is 0. The fraction of sp³-hybridized carbons (Fsp3) is 0.476. The molecular formula is C21H28O3. The van der Waals surface area contributed by atoms with Crippen LogP contribution >= 0.6 is 0 Å². The van der Waals surface area contributed by atoms with Gasteiger partial charge in [0.25, 0.3) is 0 Å². The number of benzene rings is 1. The van der Waals surface area contributed by atoms with E-state index in [4.69, 9.17) is 9.15 Å². The van der Waals surface area contributed by atoms with Crippen molar-refractivity contribution in [3.05, 3.63) is 47.2 Å². The van der Waals surface area contributed by atoms with E-state index in [9.17, 15) is 4.79 Å². The maximum absolute atomic E-state index is 11.5. The minimum Gasteiger partial charge on any atom is -0.461 e. The van der Waals surface area contributed by atoms with E-state index in [1.54, 1.807) is 14.0 Å². The normalized spacial score (nSPS) is 12.3. The summed E-state index contributed by atoms with van der Waals surface area (Å²) in [6.45, 7) is 5.82. The summed E-state index contributed by atoms with van der Waals surface area (Å²) in [7, 11) is 1.75. The highest BCUT2D eigenvalue weighted by molar-refractivity contribution is 5.76.